The molecule has 1 aromatic heterocycles. The molecule has 0 radical (unpaired) electrons. The van der Waals surface area contributed by atoms with Crippen LogP contribution in [0.5, 0.6) is 0 Å². The molecule has 26 heavy (non-hydrogen) atoms. The Labute approximate surface area is 150 Å². The highest BCUT2D eigenvalue weighted by Gasteiger charge is 2.23. The Kier molecular flexibility index (Phi) is 4.48. The predicted octanol–water partition coefficient (Wildman–Crippen LogP) is 4.79. The van der Waals surface area contributed by atoms with Crippen molar-refractivity contribution in [2.24, 2.45) is 0 Å². The van der Waals surface area contributed by atoms with E-state index >= 15 is 0 Å². The highest BCUT2D eigenvalue weighted by Crippen LogP contribution is 2.34. The van der Waals surface area contributed by atoms with E-state index < -0.39 is 0 Å². The van der Waals surface area contributed by atoms with Gasteiger partial charge in [-0.05, 0) is 49.2 Å². The summed E-state index contributed by atoms with van der Waals surface area (Å²) in [7, 11) is 0. The summed E-state index contributed by atoms with van der Waals surface area (Å²) in [5, 5.41) is 6.88. The molecule has 3 aromatic rings. The van der Waals surface area contributed by atoms with Crippen molar-refractivity contribution in [1.29, 1.82) is 0 Å². The Balaban J connectivity index is 1.51. The molecule has 4 rings (SSSR count). The maximum atomic E-state index is 13.0. The Bertz CT molecular complexity index is 915. The van der Waals surface area contributed by atoms with Crippen LogP contribution in [0.1, 0.15) is 47.8 Å². The number of rotatable bonds is 4. The number of carbonyl (C=O) groups is 1. The predicted molar refractivity (Wildman–Crippen MR) is 95.3 cm³/mol. The molecule has 1 aliphatic carbocycles. The van der Waals surface area contributed by atoms with E-state index in [2.05, 4.69) is 15.5 Å². The topological polar surface area (TPSA) is 68.0 Å². The fourth-order valence-corrected chi connectivity index (χ4v) is 3.23. The fourth-order valence-electron chi connectivity index (χ4n) is 3.23. The number of amides is 1. The van der Waals surface area contributed by atoms with Gasteiger partial charge in [-0.2, -0.15) is 4.98 Å². The smallest absolute Gasteiger partial charge is 0.255 e. The van der Waals surface area contributed by atoms with E-state index in [0.717, 1.165) is 18.4 Å². The third kappa shape index (κ3) is 3.49. The quantitative estimate of drug-likeness (QED) is 0.734. The highest BCUT2D eigenvalue weighted by molar-refractivity contribution is 6.04. The van der Waals surface area contributed by atoms with Crippen molar-refractivity contribution in [2.75, 3.05) is 5.32 Å². The first kappa shape index (κ1) is 16.4. The minimum atomic E-state index is -0.376. The summed E-state index contributed by atoms with van der Waals surface area (Å²) in [6.07, 6.45) is 4.59. The van der Waals surface area contributed by atoms with Crippen molar-refractivity contribution >= 4 is 11.6 Å². The molecule has 1 N–H and O–H groups in total. The number of aromatic nitrogens is 2. The van der Waals surface area contributed by atoms with Crippen LogP contribution in [0, 0.1) is 5.82 Å². The molecule has 1 aliphatic rings. The average molecular weight is 351 g/mol. The van der Waals surface area contributed by atoms with E-state index in [0.29, 0.717) is 28.9 Å². The Morgan fingerprint density at radius 2 is 1.88 bits per heavy atom. The summed E-state index contributed by atoms with van der Waals surface area (Å²) in [5.41, 5.74) is 1.78. The van der Waals surface area contributed by atoms with Crippen LogP contribution in [0.4, 0.5) is 10.1 Å². The fraction of sp³-hybridized carbons (Fsp3) is 0.250. The molecule has 0 saturated heterocycles. The van der Waals surface area contributed by atoms with Crippen molar-refractivity contribution in [3.8, 4) is 11.4 Å². The van der Waals surface area contributed by atoms with Gasteiger partial charge in [0.05, 0.1) is 0 Å². The summed E-state index contributed by atoms with van der Waals surface area (Å²) in [4.78, 5) is 16.8. The van der Waals surface area contributed by atoms with Crippen molar-refractivity contribution in [2.45, 2.75) is 31.6 Å². The summed E-state index contributed by atoms with van der Waals surface area (Å²) < 4.78 is 18.4. The molecule has 1 saturated carbocycles. The van der Waals surface area contributed by atoms with Crippen molar-refractivity contribution in [3.63, 3.8) is 0 Å². The maximum Gasteiger partial charge on any atom is 0.255 e. The number of anilines is 1. The monoisotopic (exact) mass is 351 g/mol. The van der Waals surface area contributed by atoms with E-state index in [1.54, 1.807) is 12.1 Å². The summed E-state index contributed by atoms with van der Waals surface area (Å²) in [5.74, 6) is 0.890. The van der Waals surface area contributed by atoms with Gasteiger partial charge in [-0.25, -0.2) is 4.39 Å². The van der Waals surface area contributed by atoms with Crippen LogP contribution < -0.4 is 5.32 Å². The lowest BCUT2D eigenvalue weighted by atomic mass is 10.1. The molecule has 0 bridgehead atoms. The van der Waals surface area contributed by atoms with Gasteiger partial charge >= 0.3 is 0 Å². The minimum absolute atomic E-state index is 0.304. The molecule has 0 spiro atoms. The number of halogens is 1. The van der Waals surface area contributed by atoms with Gasteiger partial charge in [0.25, 0.3) is 5.91 Å². The lowest BCUT2D eigenvalue weighted by Gasteiger charge is -2.06. The van der Waals surface area contributed by atoms with Crippen LogP contribution in [0.2, 0.25) is 0 Å². The number of nitrogens with one attached hydrogen (secondary N) is 1. The van der Waals surface area contributed by atoms with Crippen LogP contribution in [0.25, 0.3) is 11.4 Å². The molecule has 2 aromatic carbocycles. The molecule has 1 fully saturated rings. The first-order valence-corrected chi connectivity index (χ1v) is 8.70. The van der Waals surface area contributed by atoms with Crippen molar-refractivity contribution < 1.29 is 13.7 Å². The summed E-state index contributed by atoms with van der Waals surface area (Å²) in [6, 6.07) is 12.7. The lowest BCUT2D eigenvalue weighted by molar-refractivity contribution is 0.102. The number of nitrogens with zero attached hydrogens (tertiary/aromatic N) is 2. The molecule has 132 valence electrons. The van der Waals surface area contributed by atoms with Crippen LogP contribution in [-0.4, -0.2) is 16.0 Å². The molecule has 0 atom stereocenters. The second-order valence-corrected chi connectivity index (χ2v) is 6.48. The van der Waals surface area contributed by atoms with E-state index in [4.69, 9.17) is 4.52 Å². The zero-order valence-electron chi connectivity index (χ0n) is 14.1. The third-order valence-electron chi connectivity index (χ3n) is 4.63. The van der Waals surface area contributed by atoms with Crippen LogP contribution in [-0.2, 0) is 0 Å². The number of benzene rings is 2. The van der Waals surface area contributed by atoms with Gasteiger partial charge < -0.3 is 9.84 Å². The molecular formula is C20H18FN3O2. The van der Waals surface area contributed by atoms with Gasteiger partial charge in [-0.1, -0.05) is 30.1 Å². The SMILES string of the molecule is O=C(Nc1cccc(-c2noc(C3CCCC3)n2)c1)c1ccc(F)cc1. The van der Waals surface area contributed by atoms with Gasteiger partial charge in [0.2, 0.25) is 11.7 Å². The first-order valence-electron chi connectivity index (χ1n) is 8.70. The third-order valence-corrected chi connectivity index (χ3v) is 4.63. The van der Waals surface area contributed by atoms with Gasteiger partial charge in [-0.3, -0.25) is 4.79 Å². The van der Waals surface area contributed by atoms with Gasteiger partial charge in [-0.15, -0.1) is 0 Å². The van der Waals surface area contributed by atoms with Gasteiger partial charge in [0.15, 0.2) is 0 Å². The Morgan fingerprint density at radius 3 is 2.65 bits per heavy atom. The highest BCUT2D eigenvalue weighted by atomic mass is 19.1. The number of hydrogen-bond donors (Lipinski definition) is 1. The zero-order chi connectivity index (χ0) is 17.9. The molecular weight excluding hydrogens is 333 g/mol. The molecule has 5 nitrogen and oxygen atoms in total. The van der Waals surface area contributed by atoms with Crippen LogP contribution >= 0.6 is 0 Å². The number of hydrogen-bond acceptors (Lipinski definition) is 4. The van der Waals surface area contributed by atoms with E-state index in [1.807, 2.05) is 12.1 Å². The van der Waals surface area contributed by atoms with Crippen molar-refractivity contribution in [1.82, 2.24) is 10.1 Å². The minimum Gasteiger partial charge on any atom is -0.339 e. The zero-order valence-corrected chi connectivity index (χ0v) is 14.1. The second-order valence-electron chi connectivity index (χ2n) is 6.48. The molecule has 0 unspecified atom stereocenters. The first-order chi connectivity index (χ1) is 12.7. The van der Waals surface area contributed by atoms with Gasteiger partial charge in [0.1, 0.15) is 5.82 Å². The lowest BCUT2D eigenvalue weighted by Crippen LogP contribution is -2.11. The standard InChI is InChI=1S/C20H18FN3O2/c21-16-10-8-13(9-11-16)19(25)22-17-7-3-6-15(12-17)18-23-20(26-24-18)14-4-1-2-5-14/h3,6-12,14H,1-2,4-5H2,(H,22,25). The van der Waals surface area contributed by atoms with Crippen LogP contribution in [0.3, 0.4) is 0 Å². The molecule has 6 heteroatoms. The number of carbonyl (C=O) groups excluding carboxylic acids is 1. The summed E-state index contributed by atoms with van der Waals surface area (Å²) in [6.45, 7) is 0. The second kappa shape index (κ2) is 7.07. The van der Waals surface area contributed by atoms with Crippen molar-refractivity contribution in [3.05, 3.63) is 65.8 Å². The van der Waals surface area contributed by atoms with E-state index in [9.17, 15) is 9.18 Å². The maximum absolute atomic E-state index is 13.0. The molecule has 1 heterocycles. The Hall–Kier alpha value is -3.02. The molecule has 0 aliphatic heterocycles. The Morgan fingerprint density at radius 1 is 1.12 bits per heavy atom. The largest absolute Gasteiger partial charge is 0.339 e. The van der Waals surface area contributed by atoms with Crippen LogP contribution in [0.15, 0.2) is 53.1 Å². The average Bonchev–Trinajstić information content (AvgIpc) is 3.34. The van der Waals surface area contributed by atoms with Gasteiger partial charge in [0, 0.05) is 22.7 Å². The normalized spacial score (nSPS) is 14.5. The van der Waals surface area contributed by atoms with E-state index in [1.165, 1.54) is 37.1 Å². The summed E-state index contributed by atoms with van der Waals surface area (Å²) >= 11 is 0. The van der Waals surface area contributed by atoms with E-state index in [-0.39, 0.29) is 11.7 Å². The molecule has 1 amide bonds.